The molecule has 2 aromatic carbocycles. The highest BCUT2D eigenvalue weighted by Gasteiger charge is 2.10. The SMILES string of the molecule is CN(c1ccc(O)cc1)c1cc2ccc(Cl)cc2c(Cl)n1. The third kappa shape index (κ3) is 2.75. The summed E-state index contributed by atoms with van der Waals surface area (Å²) in [6, 6.07) is 14.4. The molecule has 106 valence electrons. The highest BCUT2D eigenvalue weighted by Crippen LogP contribution is 2.31. The average molecular weight is 319 g/mol. The van der Waals surface area contributed by atoms with Crippen LogP contribution >= 0.6 is 23.2 Å². The van der Waals surface area contributed by atoms with Crippen molar-refractivity contribution in [1.82, 2.24) is 4.98 Å². The van der Waals surface area contributed by atoms with Gasteiger partial charge in [-0.2, -0.15) is 0 Å². The van der Waals surface area contributed by atoms with Crippen LogP contribution in [0.4, 0.5) is 11.5 Å². The van der Waals surface area contributed by atoms with Crippen LogP contribution in [0.5, 0.6) is 5.75 Å². The van der Waals surface area contributed by atoms with Crippen molar-refractivity contribution in [3.63, 3.8) is 0 Å². The number of pyridine rings is 1. The molecular weight excluding hydrogens is 307 g/mol. The molecule has 0 aliphatic carbocycles. The fraction of sp³-hybridized carbons (Fsp3) is 0.0625. The zero-order valence-electron chi connectivity index (χ0n) is 11.2. The van der Waals surface area contributed by atoms with Gasteiger partial charge in [-0.15, -0.1) is 0 Å². The first-order valence-electron chi connectivity index (χ1n) is 6.33. The van der Waals surface area contributed by atoms with Gasteiger partial charge in [-0.25, -0.2) is 4.98 Å². The van der Waals surface area contributed by atoms with Gasteiger partial charge in [-0.1, -0.05) is 29.3 Å². The third-order valence-electron chi connectivity index (χ3n) is 3.32. The Kier molecular flexibility index (Phi) is 3.62. The Hall–Kier alpha value is -1.97. The van der Waals surface area contributed by atoms with Gasteiger partial charge in [0.05, 0.1) is 0 Å². The quantitative estimate of drug-likeness (QED) is 0.674. The number of benzene rings is 2. The van der Waals surface area contributed by atoms with Gasteiger partial charge >= 0.3 is 0 Å². The standard InChI is InChI=1S/C16H12Cl2N2O/c1-20(12-4-6-13(21)7-5-12)15-8-10-2-3-11(17)9-14(10)16(18)19-15/h2-9,21H,1H3. The van der Waals surface area contributed by atoms with E-state index < -0.39 is 0 Å². The van der Waals surface area contributed by atoms with Crippen molar-refractivity contribution >= 4 is 45.5 Å². The van der Waals surface area contributed by atoms with Crippen molar-refractivity contribution in [2.24, 2.45) is 0 Å². The number of rotatable bonds is 2. The molecule has 3 nitrogen and oxygen atoms in total. The van der Waals surface area contributed by atoms with Crippen LogP contribution in [0.15, 0.2) is 48.5 Å². The van der Waals surface area contributed by atoms with Crippen LogP contribution in [0.25, 0.3) is 10.8 Å². The van der Waals surface area contributed by atoms with Gasteiger partial charge in [-0.3, -0.25) is 0 Å². The zero-order chi connectivity index (χ0) is 15.0. The molecule has 0 aliphatic heterocycles. The Bertz CT molecular complexity index is 803. The van der Waals surface area contributed by atoms with E-state index in [1.54, 1.807) is 18.2 Å². The largest absolute Gasteiger partial charge is 0.508 e. The number of phenolic OH excluding ortho intramolecular Hbond substituents is 1. The van der Waals surface area contributed by atoms with Crippen LogP contribution in [0.3, 0.4) is 0 Å². The summed E-state index contributed by atoms with van der Waals surface area (Å²) in [7, 11) is 1.90. The molecule has 0 bridgehead atoms. The summed E-state index contributed by atoms with van der Waals surface area (Å²) in [6.45, 7) is 0. The molecular formula is C16H12Cl2N2O. The second-order valence-electron chi connectivity index (χ2n) is 4.71. The lowest BCUT2D eigenvalue weighted by atomic mass is 10.1. The fourth-order valence-electron chi connectivity index (χ4n) is 2.15. The number of aromatic hydroxyl groups is 1. The average Bonchev–Trinajstić information content (AvgIpc) is 2.48. The van der Waals surface area contributed by atoms with Crippen molar-refractivity contribution in [2.75, 3.05) is 11.9 Å². The number of hydrogen-bond donors (Lipinski definition) is 1. The highest BCUT2D eigenvalue weighted by molar-refractivity contribution is 6.36. The zero-order valence-corrected chi connectivity index (χ0v) is 12.7. The summed E-state index contributed by atoms with van der Waals surface area (Å²) >= 11 is 12.2. The molecule has 0 saturated carbocycles. The van der Waals surface area contributed by atoms with Crippen molar-refractivity contribution in [3.05, 3.63) is 58.7 Å². The molecule has 0 aliphatic rings. The molecule has 1 N–H and O–H groups in total. The first kappa shape index (κ1) is 14.0. The van der Waals surface area contributed by atoms with Crippen LogP contribution in [0, 0.1) is 0 Å². The molecule has 0 amide bonds. The Morgan fingerprint density at radius 3 is 2.43 bits per heavy atom. The Morgan fingerprint density at radius 2 is 1.71 bits per heavy atom. The molecule has 0 radical (unpaired) electrons. The van der Waals surface area contributed by atoms with Crippen LogP contribution < -0.4 is 4.90 Å². The summed E-state index contributed by atoms with van der Waals surface area (Å²) in [5, 5.41) is 12.2. The molecule has 0 saturated heterocycles. The summed E-state index contributed by atoms with van der Waals surface area (Å²) in [6.07, 6.45) is 0. The van der Waals surface area contributed by atoms with Gasteiger partial charge in [0.25, 0.3) is 0 Å². The molecule has 0 atom stereocenters. The molecule has 1 aromatic heterocycles. The van der Waals surface area contributed by atoms with Crippen molar-refractivity contribution in [2.45, 2.75) is 0 Å². The van der Waals surface area contributed by atoms with E-state index >= 15 is 0 Å². The summed E-state index contributed by atoms with van der Waals surface area (Å²) in [5.74, 6) is 0.951. The number of halogens is 2. The number of phenols is 1. The number of aromatic nitrogens is 1. The van der Waals surface area contributed by atoms with E-state index in [1.165, 1.54) is 0 Å². The van der Waals surface area contributed by atoms with Gasteiger partial charge < -0.3 is 10.0 Å². The highest BCUT2D eigenvalue weighted by atomic mass is 35.5. The molecule has 21 heavy (non-hydrogen) atoms. The molecule has 0 unspecified atom stereocenters. The minimum absolute atomic E-state index is 0.228. The lowest BCUT2D eigenvalue weighted by Crippen LogP contribution is -2.11. The minimum Gasteiger partial charge on any atom is -0.508 e. The van der Waals surface area contributed by atoms with Crippen molar-refractivity contribution in [3.8, 4) is 5.75 Å². The number of nitrogens with zero attached hydrogens (tertiary/aromatic N) is 2. The molecule has 3 rings (SSSR count). The predicted octanol–water partition coefficient (Wildman–Crippen LogP) is 5.02. The van der Waals surface area contributed by atoms with Crippen molar-refractivity contribution < 1.29 is 5.11 Å². The second kappa shape index (κ2) is 5.43. The lowest BCUT2D eigenvalue weighted by molar-refractivity contribution is 0.475. The van der Waals surface area contributed by atoms with Gasteiger partial charge in [0, 0.05) is 23.1 Å². The number of hydrogen-bond acceptors (Lipinski definition) is 3. The maximum atomic E-state index is 9.35. The van der Waals surface area contributed by atoms with Crippen molar-refractivity contribution in [1.29, 1.82) is 0 Å². The Balaban J connectivity index is 2.08. The van der Waals surface area contributed by atoms with Crippen LogP contribution in [-0.2, 0) is 0 Å². The number of fused-ring (bicyclic) bond motifs is 1. The monoisotopic (exact) mass is 318 g/mol. The van der Waals surface area contributed by atoms with Gasteiger partial charge in [0.2, 0.25) is 0 Å². The number of anilines is 2. The summed E-state index contributed by atoms with van der Waals surface area (Å²) < 4.78 is 0. The molecule has 3 aromatic rings. The maximum Gasteiger partial charge on any atom is 0.139 e. The minimum atomic E-state index is 0.228. The normalized spacial score (nSPS) is 10.8. The van der Waals surface area contributed by atoms with Crippen LogP contribution in [0.2, 0.25) is 10.2 Å². The van der Waals surface area contributed by atoms with E-state index in [0.29, 0.717) is 10.2 Å². The maximum absolute atomic E-state index is 9.35. The lowest BCUT2D eigenvalue weighted by Gasteiger charge is -2.19. The summed E-state index contributed by atoms with van der Waals surface area (Å²) in [4.78, 5) is 6.31. The molecule has 0 fully saturated rings. The smallest absolute Gasteiger partial charge is 0.139 e. The topological polar surface area (TPSA) is 36.4 Å². The van der Waals surface area contributed by atoms with Gasteiger partial charge in [0.15, 0.2) is 0 Å². The van der Waals surface area contributed by atoms with E-state index in [-0.39, 0.29) is 5.75 Å². The third-order valence-corrected chi connectivity index (χ3v) is 3.84. The first-order valence-corrected chi connectivity index (χ1v) is 7.09. The first-order chi connectivity index (χ1) is 10.0. The molecule has 5 heteroatoms. The predicted molar refractivity (Wildman–Crippen MR) is 87.9 cm³/mol. The molecule has 1 heterocycles. The van der Waals surface area contributed by atoms with E-state index in [9.17, 15) is 5.11 Å². The van der Waals surface area contributed by atoms with Crippen LogP contribution in [-0.4, -0.2) is 17.1 Å². The Morgan fingerprint density at radius 1 is 1.00 bits per heavy atom. The van der Waals surface area contributed by atoms with Gasteiger partial charge in [-0.05, 0) is 47.9 Å². The summed E-state index contributed by atoms with van der Waals surface area (Å²) in [5.41, 5.74) is 0.907. The Labute approximate surface area is 132 Å². The van der Waals surface area contributed by atoms with Gasteiger partial charge in [0.1, 0.15) is 16.7 Å². The molecule has 0 spiro atoms. The second-order valence-corrected chi connectivity index (χ2v) is 5.51. The van der Waals surface area contributed by atoms with E-state index in [0.717, 1.165) is 22.3 Å². The fourth-order valence-corrected chi connectivity index (χ4v) is 2.57. The van der Waals surface area contributed by atoms with E-state index in [1.807, 2.05) is 42.3 Å². The van der Waals surface area contributed by atoms with E-state index in [2.05, 4.69) is 4.98 Å². The van der Waals surface area contributed by atoms with Crippen LogP contribution in [0.1, 0.15) is 0 Å². The van der Waals surface area contributed by atoms with E-state index in [4.69, 9.17) is 23.2 Å².